The maximum absolute atomic E-state index is 12.9. The summed E-state index contributed by atoms with van der Waals surface area (Å²) < 4.78 is 5.92. The smallest absolute Gasteiger partial charge is 0.290 e. The van der Waals surface area contributed by atoms with Crippen LogP contribution in [0.2, 0.25) is 0 Å². The number of anilines is 2. The van der Waals surface area contributed by atoms with Gasteiger partial charge in [-0.1, -0.05) is 49.9 Å². The largest absolute Gasteiger partial charge is 0.453 e. The van der Waals surface area contributed by atoms with E-state index in [9.17, 15) is 4.79 Å². The van der Waals surface area contributed by atoms with Gasteiger partial charge in [0, 0.05) is 12.3 Å². The zero-order valence-corrected chi connectivity index (χ0v) is 16.1. The Kier molecular flexibility index (Phi) is 7.17. The summed E-state index contributed by atoms with van der Waals surface area (Å²) in [5, 5.41) is 0.0327. The van der Waals surface area contributed by atoms with Crippen LogP contribution in [0, 0.1) is 0 Å². The number of fused-ring (bicyclic) bond motifs is 2. The van der Waals surface area contributed by atoms with Gasteiger partial charge in [-0.2, -0.15) is 0 Å². The first-order valence-electron chi connectivity index (χ1n) is 8.29. The predicted molar refractivity (Wildman–Crippen MR) is 108 cm³/mol. The van der Waals surface area contributed by atoms with Gasteiger partial charge in [-0.3, -0.25) is 9.69 Å². The lowest BCUT2D eigenvalue weighted by Gasteiger charge is -2.30. The molecule has 1 aliphatic heterocycles. The van der Waals surface area contributed by atoms with Crippen LogP contribution in [0.25, 0.3) is 0 Å². The molecule has 0 aliphatic carbocycles. The molecule has 0 unspecified atom stereocenters. The number of para-hydroxylation sites is 4. The highest BCUT2D eigenvalue weighted by molar-refractivity contribution is 8.13. The molecule has 1 aliphatic rings. The molecule has 0 aromatic heterocycles. The minimum Gasteiger partial charge on any atom is -0.453 e. The molecule has 0 spiro atoms. The van der Waals surface area contributed by atoms with Gasteiger partial charge in [-0.05, 0) is 37.4 Å². The lowest BCUT2D eigenvalue weighted by Crippen LogP contribution is -2.28. The topological polar surface area (TPSA) is 32.8 Å². The molecule has 0 saturated carbocycles. The van der Waals surface area contributed by atoms with Crippen LogP contribution in [0.5, 0.6) is 11.5 Å². The summed E-state index contributed by atoms with van der Waals surface area (Å²) in [7, 11) is 0. The molecule has 2 aromatic carbocycles. The minimum absolute atomic E-state index is 0. The van der Waals surface area contributed by atoms with Gasteiger partial charge >= 0.3 is 0 Å². The van der Waals surface area contributed by atoms with Crippen molar-refractivity contribution in [3.8, 4) is 11.5 Å². The maximum atomic E-state index is 12.9. The third-order valence-corrected chi connectivity index (χ3v) is 4.96. The Morgan fingerprint density at radius 1 is 1.00 bits per heavy atom. The van der Waals surface area contributed by atoms with E-state index in [1.54, 1.807) is 4.90 Å². The van der Waals surface area contributed by atoms with Crippen molar-refractivity contribution in [3.05, 3.63) is 48.5 Å². The lowest BCUT2D eigenvalue weighted by molar-refractivity contribution is 0.266. The zero-order chi connectivity index (χ0) is 16.9. The van der Waals surface area contributed by atoms with Gasteiger partial charge in [0.2, 0.25) is 0 Å². The minimum atomic E-state index is 0. The SMILES string of the molecule is CCN(CC)CCSC(=O)N1c2ccccc2Oc2ccccc21.Cl. The van der Waals surface area contributed by atoms with Crippen LogP contribution in [-0.4, -0.2) is 35.5 Å². The number of benzene rings is 2. The van der Waals surface area contributed by atoms with Crippen LogP contribution in [0.15, 0.2) is 48.5 Å². The van der Waals surface area contributed by atoms with Gasteiger partial charge < -0.3 is 9.64 Å². The van der Waals surface area contributed by atoms with E-state index in [1.165, 1.54) is 11.8 Å². The second-order valence-electron chi connectivity index (χ2n) is 5.51. The molecule has 134 valence electrons. The third-order valence-electron chi connectivity index (χ3n) is 4.14. The van der Waals surface area contributed by atoms with Crippen LogP contribution < -0.4 is 9.64 Å². The van der Waals surface area contributed by atoms with Gasteiger partial charge in [0.05, 0.1) is 11.4 Å². The molecule has 0 radical (unpaired) electrons. The van der Waals surface area contributed by atoms with E-state index in [2.05, 4.69) is 18.7 Å². The molecule has 3 rings (SSSR count). The molecule has 0 fully saturated rings. The van der Waals surface area contributed by atoms with Gasteiger partial charge in [0.1, 0.15) is 0 Å². The summed E-state index contributed by atoms with van der Waals surface area (Å²) in [6.07, 6.45) is 0. The first kappa shape index (κ1) is 19.6. The fourth-order valence-electron chi connectivity index (χ4n) is 2.77. The van der Waals surface area contributed by atoms with Crippen LogP contribution in [-0.2, 0) is 0 Å². The number of amides is 1. The van der Waals surface area contributed by atoms with E-state index in [-0.39, 0.29) is 17.6 Å². The Bertz CT molecular complexity index is 677. The van der Waals surface area contributed by atoms with E-state index < -0.39 is 0 Å². The number of carbonyl (C=O) groups excluding carboxylic acids is 1. The van der Waals surface area contributed by atoms with Gasteiger partial charge in [-0.25, -0.2) is 0 Å². The molecular weight excluding hydrogens is 356 g/mol. The standard InChI is InChI=1S/C19H22N2O2S.ClH/c1-3-20(4-2)13-14-24-19(22)21-15-9-5-7-11-17(15)23-18-12-8-6-10-16(18)21;/h5-12H,3-4,13-14H2,1-2H3;1H. The van der Waals surface area contributed by atoms with E-state index >= 15 is 0 Å². The number of thioether (sulfide) groups is 1. The van der Waals surface area contributed by atoms with Crippen molar-refractivity contribution in [1.29, 1.82) is 0 Å². The van der Waals surface area contributed by atoms with Crippen LogP contribution in [0.3, 0.4) is 0 Å². The summed E-state index contributed by atoms with van der Waals surface area (Å²) in [5.74, 6) is 2.21. The fourth-order valence-corrected chi connectivity index (χ4v) is 3.62. The van der Waals surface area contributed by atoms with Crippen LogP contribution >= 0.6 is 24.2 Å². The summed E-state index contributed by atoms with van der Waals surface area (Å²) in [5.41, 5.74) is 1.60. The average molecular weight is 379 g/mol. The second-order valence-corrected chi connectivity index (χ2v) is 6.56. The first-order valence-corrected chi connectivity index (χ1v) is 9.28. The Labute approximate surface area is 159 Å². The molecule has 6 heteroatoms. The highest BCUT2D eigenvalue weighted by atomic mass is 35.5. The van der Waals surface area contributed by atoms with Crippen molar-refractivity contribution in [2.75, 3.05) is 30.3 Å². The molecule has 0 bridgehead atoms. The molecular formula is C19H23ClN2O2S. The normalized spacial score (nSPS) is 12.0. The van der Waals surface area contributed by atoms with Crippen molar-refractivity contribution in [2.24, 2.45) is 0 Å². The molecule has 0 saturated heterocycles. The molecule has 0 atom stereocenters. The Morgan fingerprint density at radius 3 is 2.04 bits per heavy atom. The highest BCUT2D eigenvalue weighted by Crippen LogP contribution is 2.47. The maximum Gasteiger partial charge on any atom is 0.290 e. The first-order chi connectivity index (χ1) is 11.7. The Morgan fingerprint density at radius 2 is 1.52 bits per heavy atom. The Hall–Kier alpha value is -1.69. The number of nitrogens with zero attached hydrogens (tertiary/aromatic N) is 2. The summed E-state index contributed by atoms with van der Waals surface area (Å²) in [6.45, 7) is 7.22. The molecule has 4 nitrogen and oxygen atoms in total. The average Bonchev–Trinajstić information content (AvgIpc) is 2.63. The monoisotopic (exact) mass is 378 g/mol. The number of hydrogen-bond acceptors (Lipinski definition) is 4. The summed E-state index contributed by atoms with van der Waals surface area (Å²) >= 11 is 1.36. The zero-order valence-electron chi connectivity index (χ0n) is 14.5. The number of carbonyl (C=O) groups is 1. The Balaban J connectivity index is 0.00000225. The molecule has 0 N–H and O–H groups in total. The number of ether oxygens (including phenoxy) is 1. The van der Waals surface area contributed by atoms with E-state index in [0.717, 1.165) is 36.8 Å². The van der Waals surface area contributed by atoms with Crippen molar-refractivity contribution < 1.29 is 9.53 Å². The van der Waals surface area contributed by atoms with Crippen molar-refractivity contribution in [2.45, 2.75) is 13.8 Å². The summed E-state index contributed by atoms with van der Waals surface area (Å²) in [4.78, 5) is 17.0. The second kappa shape index (κ2) is 9.13. The van der Waals surface area contributed by atoms with Crippen LogP contribution in [0.1, 0.15) is 13.8 Å². The summed E-state index contributed by atoms with van der Waals surface area (Å²) in [6, 6.07) is 15.3. The van der Waals surface area contributed by atoms with E-state index in [4.69, 9.17) is 4.74 Å². The van der Waals surface area contributed by atoms with Crippen LogP contribution in [0.4, 0.5) is 16.2 Å². The van der Waals surface area contributed by atoms with Gasteiger partial charge in [-0.15, -0.1) is 12.4 Å². The third kappa shape index (κ3) is 4.29. The van der Waals surface area contributed by atoms with Crippen molar-refractivity contribution in [3.63, 3.8) is 0 Å². The highest BCUT2D eigenvalue weighted by Gasteiger charge is 2.28. The van der Waals surface area contributed by atoms with Gasteiger partial charge in [0.15, 0.2) is 11.5 Å². The molecule has 25 heavy (non-hydrogen) atoms. The van der Waals surface area contributed by atoms with Crippen molar-refractivity contribution >= 4 is 40.8 Å². The predicted octanol–water partition coefficient (Wildman–Crippen LogP) is 5.55. The van der Waals surface area contributed by atoms with Crippen molar-refractivity contribution in [1.82, 2.24) is 4.90 Å². The van der Waals surface area contributed by atoms with Gasteiger partial charge in [0.25, 0.3) is 5.24 Å². The molecule has 1 heterocycles. The van der Waals surface area contributed by atoms with E-state index in [0.29, 0.717) is 11.5 Å². The number of rotatable bonds is 5. The fraction of sp³-hybridized carbons (Fsp3) is 0.316. The quantitative estimate of drug-likeness (QED) is 0.683. The molecule has 2 aromatic rings. The number of halogens is 1. The van der Waals surface area contributed by atoms with E-state index in [1.807, 2.05) is 48.5 Å². The molecule has 1 amide bonds. The lowest BCUT2D eigenvalue weighted by atomic mass is 10.2. The number of hydrogen-bond donors (Lipinski definition) is 0.